The Bertz CT molecular complexity index is 629. The van der Waals surface area contributed by atoms with Crippen molar-refractivity contribution in [2.45, 2.75) is 19.9 Å². The first-order valence-electron chi connectivity index (χ1n) is 6.66. The van der Waals surface area contributed by atoms with Crippen LogP contribution < -0.4 is 10.6 Å². The molecule has 0 saturated carbocycles. The van der Waals surface area contributed by atoms with Crippen molar-refractivity contribution in [2.75, 3.05) is 10.6 Å². The molecule has 0 radical (unpaired) electrons. The lowest BCUT2D eigenvalue weighted by Gasteiger charge is -2.09. The predicted molar refractivity (Wildman–Crippen MR) is 86.8 cm³/mol. The molecule has 0 atom stereocenters. The molecule has 5 heteroatoms. The van der Waals surface area contributed by atoms with E-state index in [1.54, 1.807) is 6.07 Å². The molecule has 0 fully saturated rings. The van der Waals surface area contributed by atoms with E-state index in [9.17, 15) is 9.18 Å². The van der Waals surface area contributed by atoms with Crippen molar-refractivity contribution in [3.05, 3.63) is 58.3 Å². The highest BCUT2D eigenvalue weighted by atomic mass is 79.9. The summed E-state index contributed by atoms with van der Waals surface area (Å²) in [6, 6.07) is 12.1. The van der Waals surface area contributed by atoms with Crippen molar-refractivity contribution in [1.82, 2.24) is 0 Å². The van der Waals surface area contributed by atoms with Gasteiger partial charge in [0.15, 0.2) is 0 Å². The van der Waals surface area contributed by atoms with Crippen LogP contribution in [0.2, 0.25) is 0 Å². The highest BCUT2D eigenvalue weighted by molar-refractivity contribution is 9.10. The van der Waals surface area contributed by atoms with E-state index < -0.39 is 0 Å². The maximum atomic E-state index is 13.0. The molecule has 3 nitrogen and oxygen atoms in total. The van der Waals surface area contributed by atoms with Gasteiger partial charge in [-0.1, -0.05) is 28.9 Å². The average molecular weight is 351 g/mol. The SMILES string of the molecule is CCC(=O)Nc1ccc(NCc2ccc(F)cc2Br)cc1. The van der Waals surface area contributed by atoms with E-state index in [1.165, 1.54) is 12.1 Å². The minimum atomic E-state index is -0.262. The minimum Gasteiger partial charge on any atom is -0.381 e. The molecular formula is C16H16BrFN2O. The standard InChI is InChI=1S/C16H16BrFN2O/c1-2-16(21)20-14-7-5-13(6-8-14)19-10-11-3-4-12(18)9-15(11)17/h3-9,19H,2,10H2,1H3,(H,20,21). The number of carbonyl (C=O) groups is 1. The summed E-state index contributed by atoms with van der Waals surface area (Å²) in [6.45, 7) is 2.40. The van der Waals surface area contributed by atoms with Gasteiger partial charge in [-0.3, -0.25) is 4.79 Å². The van der Waals surface area contributed by atoms with Gasteiger partial charge < -0.3 is 10.6 Å². The zero-order valence-corrected chi connectivity index (χ0v) is 13.2. The van der Waals surface area contributed by atoms with Crippen molar-refractivity contribution < 1.29 is 9.18 Å². The Morgan fingerprint density at radius 1 is 1.14 bits per heavy atom. The highest BCUT2D eigenvalue weighted by Gasteiger charge is 2.02. The van der Waals surface area contributed by atoms with Crippen molar-refractivity contribution in [3.63, 3.8) is 0 Å². The highest BCUT2D eigenvalue weighted by Crippen LogP contribution is 2.20. The lowest BCUT2D eigenvalue weighted by atomic mass is 10.2. The summed E-state index contributed by atoms with van der Waals surface area (Å²) in [7, 11) is 0. The summed E-state index contributed by atoms with van der Waals surface area (Å²) in [5.74, 6) is -0.271. The molecule has 0 saturated heterocycles. The van der Waals surface area contributed by atoms with Crippen LogP contribution in [0.3, 0.4) is 0 Å². The smallest absolute Gasteiger partial charge is 0.224 e. The molecule has 2 aromatic rings. The molecule has 1 amide bonds. The summed E-state index contributed by atoms with van der Waals surface area (Å²) >= 11 is 3.34. The lowest BCUT2D eigenvalue weighted by molar-refractivity contribution is -0.115. The van der Waals surface area contributed by atoms with Gasteiger partial charge in [0.25, 0.3) is 0 Å². The zero-order chi connectivity index (χ0) is 15.2. The third-order valence-corrected chi connectivity index (χ3v) is 3.73. The van der Waals surface area contributed by atoms with Crippen molar-refractivity contribution in [1.29, 1.82) is 0 Å². The molecule has 2 N–H and O–H groups in total. The molecule has 2 aromatic carbocycles. The van der Waals surface area contributed by atoms with E-state index in [4.69, 9.17) is 0 Å². The van der Waals surface area contributed by atoms with Crippen LogP contribution in [0.5, 0.6) is 0 Å². The molecule has 0 aliphatic heterocycles. The predicted octanol–water partition coefficient (Wildman–Crippen LogP) is 4.55. The fourth-order valence-corrected chi connectivity index (χ4v) is 2.27. The Kier molecular flexibility index (Phi) is 5.33. The Morgan fingerprint density at radius 3 is 2.43 bits per heavy atom. The van der Waals surface area contributed by atoms with E-state index in [-0.39, 0.29) is 11.7 Å². The first kappa shape index (κ1) is 15.5. The van der Waals surface area contributed by atoms with E-state index in [2.05, 4.69) is 26.6 Å². The fourth-order valence-electron chi connectivity index (χ4n) is 1.78. The maximum Gasteiger partial charge on any atom is 0.224 e. The van der Waals surface area contributed by atoms with Gasteiger partial charge in [-0.2, -0.15) is 0 Å². The Balaban J connectivity index is 1.96. The van der Waals surface area contributed by atoms with Crippen LogP contribution in [0.15, 0.2) is 46.9 Å². The molecule has 0 spiro atoms. The molecule has 0 aliphatic rings. The van der Waals surface area contributed by atoms with Crippen LogP contribution in [0.4, 0.5) is 15.8 Å². The van der Waals surface area contributed by atoms with Gasteiger partial charge in [-0.15, -0.1) is 0 Å². The monoisotopic (exact) mass is 350 g/mol. The largest absolute Gasteiger partial charge is 0.381 e. The van der Waals surface area contributed by atoms with Crippen LogP contribution in [0.1, 0.15) is 18.9 Å². The number of halogens is 2. The van der Waals surface area contributed by atoms with Gasteiger partial charge in [0, 0.05) is 28.8 Å². The lowest BCUT2D eigenvalue weighted by Crippen LogP contribution is -2.09. The Morgan fingerprint density at radius 2 is 1.81 bits per heavy atom. The summed E-state index contributed by atoms with van der Waals surface area (Å²) in [5.41, 5.74) is 2.68. The maximum absolute atomic E-state index is 13.0. The number of amides is 1. The van der Waals surface area contributed by atoms with Gasteiger partial charge in [0.2, 0.25) is 5.91 Å². The quantitative estimate of drug-likeness (QED) is 0.830. The first-order valence-corrected chi connectivity index (χ1v) is 7.45. The normalized spacial score (nSPS) is 10.2. The van der Waals surface area contributed by atoms with E-state index in [0.717, 1.165) is 21.4 Å². The van der Waals surface area contributed by atoms with Crippen LogP contribution in [0.25, 0.3) is 0 Å². The number of hydrogen-bond donors (Lipinski definition) is 2. The van der Waals surface area contributed by atoms with Gasteiger partial charge >= 0.3 is 0 Å². The van der Waals surface area contributed by atoms with Gasteiger partial charge in [-0.05, 0) is 42.0 Å². The van der Waals surface area contributed by atoms with Crippen LogP contribution in [-0.2, 0) is 11.3 Å². The molecular weight excluding hydrogens is 335 g/mol. The van der Waals surface area contributed by atoms with E-state index >= 15 is 0 Å². The summed E-state index contributed by atoms with van der Waals surface area (Å²) in [5, 5.41) is 6.04. The van der Waals surface area contributed by atoms with Crippen molar-refractivity contribution >= 4 is 33.2 Å². The van der Waals surface area contributed by atoms with Gasteiger partial charge in [0.05, 0.1) is 0 Å². The number of nitrogens with one attached hydrogen (secondary N) is 2. The summed E-state index contributed by atoms with van der Waals surface area (Å²) in [4.78, 5) is 11.3. The minimum absolute atomic E-state index is 0.00838. The van der Waals surface area contributed by atoms with Crippen LogP contribution >= 0.6 is 15.9 Å². The zero-order valence-electron chi connectivity index (χ0n) is 11.6. The molecule has 21 heavy (non-hydrogen) atoms. The topological polar surface area (TPSA) is 41.1 Å². The van der Waals surface area contributed by atoms with Crippen molar-refractivity contribution in [2.24, 2.45) is 0 Å². The summed E-state index contributed by atoms with van der Waals surface area (Å²) in [6.07, 6.45) is 0.457. The second-order valence-electron chi connectivity index (χ2n) is 4.57. The number of carbonyl (C=O) groups excluding carboxylic acids is 1. The number of rotatable bonds is 5. The molecule has 0 bridgehead atoms. The second-order valence-corrected chi connectivity index (χ2v) is 5.42. The Hall–Kier alpha value is -1.88. The number of benzene rings is 2. The van der Waals surface area contributed by atoms with Crippen molar-refractivity contribution in [3.8, 4) is 0 Å². The molecule has 110 valence electrons. The fraction of sp³-hybridized carbons (Fsp3) is 0.188. The van der Waals surface area contributed by atoms with Crippen LogP contribution in [-0.4, -0.2) is 5.91 Å². The van der Waals surface area contributed by atoms with E-state index in [0.29, 0.717) is 13.0 Å². The van der Waals surface area contributed by atoms with Gasteiger partial charge in [-0.25, -0.2) is 4.39 Å². The number of hydrogen-bond acceptors (Lipinski definition) is 2. The first-order chi connectivity index (χ1) is 10.1. The molecule has 0 aliphatic carbocycles. The summed E-state index contributed by atoms with van der Waals surface area (Å²) < 4.78 is 13.7. The third-order valence-electron chi connectivity index (χ3n) is 2.99. The average Bonchev–Trinajstić information content (AvgIpc) is 2.48. The van der Waals surface area contributed by atoms with Crippen LogP contribution in [0, 0.1) is 5.82 Å². The molecule has 2 rings (SSSR count). The van der Waals surface area contributed by atoms with Gasteiger partial charge in [0.1, 0.15) is 5.82 Å². The van der Waals surface area contributed by atoms with E-state index in [1.807, 2.05) is 31.2 Å². The third kappa shape index (κ3) is 4.56. The Labute approximate surface area is 131 Å². The second kappa shape index (κ2) is 7.22. The number of anilines is 2. The molecule has 0 unspecified atom stereocenters. The molecule has 0 aromatic heterocycles. The molecule has 0 heterocycles.